The van der Waals surface area contributed by atoms with E-state index in [1.807, 2.05) is 6.08 Å². The fourth-order valence-electron chi connectivity index (χ4n) is 0.585. The highest BCUT2D eigenvalue weighted by Gasteiger charge is 1.89. The zero-order chi connectivity index (χ0) is 8.69. The second-order valence-corrected chi connectivity index (χ2v) is 2.75. The minimum atomic E-state index is -0.173. The molecule has 2 heteroatoms. The van der Waals surface area contributed by atoms with Crippen LogP contribution in [0, 0.1) is 5.92 Å². The van der Waals surface area contributed by atoms with Gasteiger partial charge in [0.2, 0.25) is 0 Å². The molecule has 0 aromatic rings. The standard InChI is InChI=1S/C9H14O2/c1-8(2)4-3-5-9(11)6-7-10/h3,5-8,10H,4H2,1-2H3/b5-3+,7-6+. The molecule has 0 aromatic heterocycles. The van der Waals surface area contributed by atoms with Gasteiger partial charge in [-0.3, -0.25) is 4.79 Å². The smallest absolute Gasteiger partial charge is 0.181 e. The van der Waals surface area contributed by atoms with Crippen molar-refractivity contribution in [1.82, 2.24) is 0 Å². The lowest BCUT2D eigenvalue weighted by Crippen LogP contribution is -1.87. The van der Waals surface area contributed by atoms with Crippen molar-refractivity contribution in [2.75, 3.05) is 0 Å². The molecule has 0 amide bonds. The van der Waals surface area contributed by atoms with E-state index in [0.717, 1.165) is 18.8 Å². The molecule has 0 atom stereocenters. The van der Waals surface area contributed by atoms with Gasteiger partial charge in [-0.15, -0.1) is 0 Å². The third-order valence-electron chi connectivity index (χ3n) is 1.13. The molecule has 11 heavy (non-hydrogen) atoms. The summed E-state index contributed by atoms with van der Waals surface area (Å²) < 4.78 is 0. The second-order valence-electron chi connectivity index (χ2n) is 2.75. The first kappa shape index (κ1) is 9.95. The minimum Gasteiger partial charge on any atom is -0.515 e. The van der Waals surface area contributed by atoms with Crippen LogP contribution in [0.15, 0.2) is 24.5 Å². The SMILES string of the molecule is CC(C)C/C=C/C(=O)/C=C/O. The van der Waals surface area contributed by atoms with Crippen LogP contribution in [-0.2, 0) is 4.79 Å². The number of carbonyl (C=O) groups excluding carboxylic acids is 1. The molecule has 0 saturated heterocycles. The van der Waals surface area contributed by atoms with E-state index in [9.17, 15) is 4.79 Å². The Bertz CT molecular complexity index is 166. The normalized spacial score (nSPS) is 11.9. The van der Waals surface area contributed by atoms with Crippen LogP contribution in [-0.4, -0.2) is 10.9 Å². The molecule has 0 radical (unpaired) electrons. The fraction of sp³-hybridized carbons (Fsp3) is 0.444. The van der Waals surface area contributed by atoms with Crippen molar-refractivity contribution < 1.29 is 9.90 Å². The predicted molar refractivity (Wildman–Crippen MR) is 45.4 cm³/mol. The maximum atomic E-state index is 10.7. The number of hydrogen-bond donors (Lipinski definition) is 1. The van der Waals surface area contributed by atoms with E-state index in [1.165, 1.54) is 6.08 Å². The first-order chi connectivity index (χ1) is 5.16. The molecule has 0 spiro atoms. The molecular formula is C9H14O2. The average molecular weight is 154 g/mol. The van der Waals surface area contributed by atoms with E-state index < -0.39 is 0 Å². The van der Waals surface area contributed by atoms with Crippen LogP contribution in [0.5, 0.6) is 0 Å². The Balaban J connectivity index is 3.65. The summed E-state index contributed by atoms with van der Waals surface area (Å²) in [5.74, 6) is 0.394. The number of allylic oxidation sites excluding steroid dienone is 3. The molecule has 0 rings (SSSR count). The Kier molecular flexibility index (Phi) is 5.17. The molecule has 0 aromatic carbocycles. The highest BCUT2D eigenvalue weighted by Crippen LogP contribution is 1.99. The molecule has 0 heterocycles. The lowest BCUT2D eigenvalue weighted by molar-refractivity contribution is -0.110. The van der Waals surface area contributed by atoms with Gasteiger partial charge in [0.1, 0.15) is 0 Å². The van der Waals surface area contributed by atoms with Crippen LogP contribution in [0.1, 0.15) is 20.3 Å². The zero-order valence-corrected chi connectivity index (χ0v) is 6.95. The van der Waals surface area contributed by atoms with E-state index in [-0.39, 0.29) is 5.78 Å². The zero-order valence-electron chi connectivity index (χ0n) is 6.95. The van der Waals surface area contributed by atoms with Crippen LogP contribution in [0.3, 0.4) is 0 Å². The van der Waals surface area contributed by atoms with E-state index in [4.69, 9.17) is 5.11 Å². The van der Waals surface area contributed by atoms with Crippen LogP contribution < -0.4 is 0 Å². The maximum Gasteiger partial charge on any atom is 0.181 e. The van der Waals surface area contributed by atoms with Gasteiger partial charge in [-0.25, -0.2) is 0 Å². The third kappa shape index (κ3) is 6.84. The van der Waals surface area contributed by atoms with E-state index >= 15 is 0 Å². The molecule has 0 saturated carbocycles. The van der Waals surface area contributed by atoms with Crippen molar-refractivity contribution in [3.8, 4) is 0 Å². The lowest BCUT2D eigenvalue weighted by atomic mass is 10.1. The summed E-state index contributed by atoms with van der Waals surface area (Å²) in [7, 11) is 0. The molecule has 2 nitrogen and oxygen atoms in total. The van der Waals surface area contributed by atoms with E-state index in [0.29, 0.717) is 5.92 Å². The van der Waals surface area contributed by atoms with Gasteiger partial charge in [0, 0.05) is 6.08 Å². The topological polar surface area (TPSA) is 37.3 Å². The van der Waals surface area contributed by atoms with E-state index in [2.05, 4.69) is 13.8 Å². The van der Waals surface area contributed by atoms with Crippen molar-refractivity contribution in [2.24, 2.45) is 5.92 Å². The first-order valence-electron chi connectivity index (χ1n) is 3.68. The maximum absolute atomic E-state index is 10.7. The summed E-state index contributed by atoms with van der Waals surface area (Å²) in [5.41, 5.74) is 0. The molecule has 0 bridgehead atoms. The highest BCUT2D eigenvalue weighted by molar-refractivity contribution is 5.98. The molecule has 1 N–H and O–H groups in total. The van der Waals surface area contributed by atoms with Gasteiger partial charge >= 0.3 is 0 Å². The van der Waals surface area contributed by atoms with Crippen LogP contribution in [0.25, 0.3) is 0 Å². The Morgan fingerprint density at radius 3 is 2.55 bits per heavy atom. The summed E-state index contributed by atoms with van der Waals surface area (Å²) in [6, 6.07) is 0. The molecule has 0 aliphatic carbocycles. The monoisotopic (exact) mass is 154 g/mol. The molecule has 0 unspecified atom stereocenters. The number of aliphatic hydroxyl groups is 1. The fourth-order valence-corrected chi connectivity index (χ4v) is 0.585. The van der Waals surface area contributed by atoms with Crippen LogP contribution >= 0.6 is 0 Å². The van der Waals surface area contributed by atoms with Gasteiger partial charge in [-0.1, -0.05) is 19.9 Å². The van der Waals surface area contributed by atoms with Crippen molar-refractivity contribution in [3.05, 3.63) is 24.5 Å². The summed E-state index contributed by atoms with van der Waals surface area (Å²) in [4.78, 5) is 10.7. The van der Waals surface area contributed by atoms with Gasteiger partial charge in [0.05, 0.1) is 6.26 Å². The van der Waals surface area contributed by atoms with Crippen LogP contribution in [0.2, 0.25) is 0 Å². The Hall–Kier alpha value is -1.05. The van der Waals surface area contributed by atoms with Crippen molar-refractivity contribution in [3.63, 3.8) is 0 Å². The van der Waals surface area contributed by atoms with Crippen molar-refractivity contribution in [1.29, 1.82) is 0 Å². The number of rotatable bonds is 4. The molecule has 0 aliphatic heterocycles. The van der Waals surface area contributed by atoms with Gasteiger partial charge in [-0.05, 0) is 18.4 Å². The predicted octanol–water partition coefficient (Wildman–Crippen LogP) is 2.23. The molecular weight excluding hydrogens is 140 g/mol. The molecule has 0 aliphatic rings. The second kappa shape index (κ2) is 5.71. The number of hydrogen-bond acceptors (Lipinski definition) is 2. The quantitative estimate of drug-likeness (QED) is 0.498. The van der Waals surface area contributed by atoms with Crippen LogP contribution in [0.4, 0.5) is 0 Å². The first-order valence-corrected chi connectivity index (χ1v) is 3.68. The summed E-state index contributed by atoms with van der Waals surface area (Å²) in [5, 5.41) is 8.21. The van der Waals surface area contributed by atoms with Gasteiger partial charge < -0.3 is 5.11 Å². The Labute approximate surface area is 67.2 Å². The summed E-state index contributed by atoms with van der Waals surface area (Å²) in [6.45, 7) is 4.16. The minimum absolute atomic E-state index is 0.173. The average Bonchev–Trinajstić information content (AvgIpc) is 1.87. The van der Waals surface area contributed by atoms with Gasteiger partial charge in [0.15, 0.2) is 5.78 Å². The lowest BCUT2D eigenvalue weighted by Gasteiger charge is -1.94. The molecule has 62 valence electrons. The Morgan fingerprint density at radius 1 is 1.45 bits per heavy atom. The summed E-state index contributed by atoms with van der Waals surface area (Å²) >= 11 is 0. The number of aliphatic hydroxyl groups excluding tert-OH is 1. The highest BCUT2D eigenvalue weighted by atomic mass is 16.2. The largest absolute Gasteiger partial charge is 0.515 e. The third-order valence-corrected chi connectivity index (χ3v) is 1.13. The van der Waals surface area contributed by atoms with Crippen molar-refractivity contribution >= 4 is 5.78 Å². The van der Waals surface area contributed by atoms with Gasteiger partial charge in [-0.2, -0.15) is 0 Å². The molecule has 0 fully saturated rings. The Morgan fingerprint density at radius 2 is 2.09 bits per heavy atom. The summed E-state index contributed by atoms with van der Waals surface area (Å²) in [6.07, 6.45) is 6.05. The van der Waals surface area contributed by atoms with Crippen molar-refractivity contribution in [2.45, 2.75) is 20.3 Å². The number of carbonyl (C=O) groups is 1. The van der Waals surface area contributed by atoms with E-state index in [1.54, 1.807) is 0 Å². The van der Waals surface area contributed by atoms with Gasteiger partial charge in [0.25, 0.3) is 0 Å². The number of ketones is 1.